The van der Waals surface area contributed by atoms with Crippen molar-refractivity contribution in [2.45, 2.75) is 0 Å². The van der Waals surface area contributed by atoms with Gasteiger partial charge in [0, 0.05) is 66.1 Å². The molecule has 4 heterocycles. The highest BCUT2D eigenvalue weighted by molar-refractivity contribution is 6.12. The Morgan fingerprint density at radius 1 is 0.286 bits per heavy atom. The van der Waals surface area contributed by atoms with Gasteiger partial charge in [-0.05, 0) is 103 Å². The van der Waals surface area contributed by atoms with E-state index in [0.717, 1.165) is 55.8 Å². The van der Waals surface area contributed by atoms with Gasteiger partial charge in [0.2, 0.25) is 0 Å². The molecular formula is C57H34N6. The first-order valence-electron chi connectivity index (χ1n) is 21.1. The zero-order chi connectivity index (χ0) is 41.4. The van der Waals surface area contributed by atoms with Crippen LogP contribution >= 0.6 is 0 Å². The molecule has 0 atom stereocenters. The van der Waals surface area contributed by atoms with Crippen molar-refractivity contribution >= 4 is 65.4 Å². The molecule has 0 fully saturated rings. The van der Waals surface area contributed by atoms with E-state index in [1.54, 1.807) is 0 Å². The second kappa shape index (κ2) is 13.9. The third kappa shape index (κ3) is 5.51. The summed E-state index contributed by atoms with van der Waals surface area (Å²) in [4.78, 5) is 15.3. The highest BCUT2D eigenvalue weighted by atomic mass is 15.0. The van der Waals surface area contributed by atoms with E-state index < -0.39 is 0 Å². The lowest BCUT2D eigenvalue weighted by atomic mass is 10.1. The summed E-state index contributed by atoms with van der Waals surface area (Å²) in [6.45, 7) is 0. The van der Waals surface area contributed by atoms with E-state index >= 15 is 0 Å². The molecule has 0 unspecified atom stereocenters. The standard InChI is InChI=1S/C57H34N6/c1-2-15-37(16-3-1)55-58-56(60-57(59-55)39-17-14-18-41(35-39)62-49-24-9-4-19-43(49)44-20-5-10-25-50(44)62)38-29-31-40(32-30-38)61-53-28-13-8-23-47(53)48-36-42(33-34-54(48)61)63-51-26-11-6-21-45(51)46-22-7-12-27-52(46)63/h2,4-36H. The van der Waals surface area contributed by atoms with Gasteiger partial charge in [-0.15, -0.1) is 0 Å². The van der Waals surface area contributed by atoms with Crippen LogP contribution in [0.5, 0.6) is 0 Å². The lowest BCUT2D eigenvalue weighted by Crippen LogP contribution is -2.01. The van der Waals surface area contributed by atoms with Crippen molar-refractivity contribution in [3.8, 4) is 51.2 Å². The van der Waals surface area contributed by atoms with Crippen molar-refractivity contribution in [2.24, 2.45) is 0 Å². The monoisotopic (exact) mass is 802 g/mol. The Bertz CT molecular complexity index is 3800. The van der Waals surface area contributed by atoms with Crippen molar-refractivity contribution in [3.63, 3.8) is 0 Å². The fourth-order valence-corrected chi connectivity index (χ4v) is 9.57. The van der Waals surface area contributed by atoms with Gasteiger partial charge in [0.25, 0.3) is 0 Å². The van der Waals surface area contributed by atoms with Crippen LogP contribution in [0.4, 0.5) is 0 Å². The van der Waals surface area contributed by atoms with Gasteiger partial charge in [0.15, 0.2) is 17.5 Å². The van der Waals surface area contributed by atoms with Crippen molar-refractivity contribution < 1.29 is 0 Å². The average molecular weight is 803 g/mol. The molecule has 63 heavy (non-hydrogen) atoms. The summed E-state index contributed by atoms with van der Waals surface area (Å²) in [5.74, 6) is 1.76. The number of rotatable bonds is 6. The number of fused-ring (bicyclic) bond motifs is 9. The van der Waals surface area contributed by atoms with Gasteiger partial charge in [0.1, 0.15) is 0 Å². The van der Waals surface area contributed by atoms with Gasteiger partial charge < -0.3 is 13.7 Å². The molecule has 6 nitrogen and oxygen atoms in total. The summed E-state index contributed by atoms with van der Waals surface area (Å²) in [5, 5.41) is 7.33. The molecular weight excluding hydrogens is 769 g/mol. The first-order valence-corrected chi connectivity index (χ1v) is 21.1. The van der Waals surface area contributed by atoms with Crippen molar-refractivity contribution in [2.75, 3.05) is 0 Å². The molecule has 13 rings (SSSR count). The third-order valence-corrected chi connectivity index (χ3v) is 12.4. The smallest absolute Gasteiger partial charge is 0.164 e. The minimum atomic E-state index is 0.577. The Kier molecular flexibility index (Phi) is 7.72. The van der Waals surface area contributed by atoms with Crippen molar-refractivity contribution in [1.29, 1.82) is 0 Å². The molecule has 0 aliphatic carbocycles. The van der Waals surface area contributed by atoms with Crippen LogP contribution in [0, 0.1) is 12.1 Å². The maximum atomic E-state index is 5.16. The van der Waals surface area contributed by atoms with Crippen molar-refractivity contribution in [3.05, 3.63) is 218 Å². The van der Waals surface area contributed by atoms with Gasteiger partial charge in [-0.25, -0.2) is 15.0 Å². The Hall–Kier alpha value is -8.79. The van der Waals surface area contributed by atoms with Gasteiger partial charge in [-0.1, -0.05) is 115 Å². The van der Waals surface area contributed by atoms with Gasteiger partial charge in [-0.3, -0.25) is 0 Å². The number of para-hydroxylation sites is 5. The lowest BCUT2D eigenvalue weighted by Gasteiger charge is -2.12. The molecule has 0 saturated carbocycles. The summed E-state index contributed by atoms with van der Waals surface area (Å²) in [7, 11) is 0. The number of hydrogen-bond acceptors (Lipinski definition) is 3. The Morgan fingerprint density at radius 2 is 0.714 bits per heavy atom. The van der Waals surface area contributed by atoms with E-state index in [1.807, 2.05) is 18.2 Å². The number of hydrogen-bond donors (Lipinski definition) is 0. The fraction of sp³-hybridized carbons (Fsp3) is 0. The van der Waals surface area contributed by atoms with E-state index in [4.69, 9.17) is 15.0 Å². The van der Waals surface area contributed by atoms with Gasteiger partial charge in [0.05, 0.1) is 33.1 Å². The van der Waals surface area contributed by atoms with Crippen molar-refractivity contribution in [1.82, 2.24) is 28.7 Å². The largest absolute Gasteiger partial charge is 0.309 e. The molecule has 292 valence electrons. The molecule has 9 aromatic carbocycles. The predicted molar refractivity (Wildman–Crippen MR) is 257 cm³/mol. The van der Waals surface area contributed by atoms with E-state index in [1.165, 1.54) is 43.4 Å². The number of aromatic nitrogens is 6. The molecule has 0 spiro atoms. The fourth-order valence-electron chi connectivity index (χ4n) is 9.57. The maximum absolute atomic E-state index is 5.16. The van der Waals surface area contributed by atoms with Crippen LogP contribution in [0.3, 0.4) is 0 Å². The van der Waals surface area contributed by atoms with E-state index in [9.17, 15) is 0 Å². The van der Waals surface area contributed by atoms with Crippen LogP contribution in [-0.4, -0.2) is 28.7 Å². The second-order valence-electron chi connectivity index (χ2n) is 15.9. The summed E-state index contributed by atoms with van der Waals surface area (Å²) < 4.78 is 7.05. The summed E-state index contributed by atoms with van der Waals surface area (Å²) >= 11 is 0. The van der Waals surface area contributed by atoms with Gasteiger partial charge in [-0.2, -0.15) is 0 Å². The molecule has 6 heteroatoms. The first kappa shape index (κ1) is 35.0. The minimum absolute atomic E-state index is 0.577. The zero-order valence-electron chi connectivity index (χ0n) is 33.8. The number of nitrogens with zero attached hydrogens (tertiary/aromatic N) is 6. The quantitative estimate of drug-likeness (QED) is 0.168. The molecule has 0 amide bonds. The first-order chi connectivity index (χ1) is 31.2. The predicted octanol–water partition coefficient (Wildman–Crippen LogP) is 13.8. The highest BCUT2D eigenvalue weighted by Gasteiger charge is 2.19. The Morgan fingerprint density at radius 3 is 1.24 bits per heavy atom. The highest BCUT2D eigenvalue weighted by Crippen LogP contribution is 2.38. The molecule has 4 aromatic heterocycles. The molecule has 0 aliphatic heterocycles. The minimum Gasteiger partial charge on any atom is -0.309 e. The van der Waals surface area contributed by atoms with Crippen LogP contribution in [0.2, 0.25) is 0 Å². The number of benzene rings is 8. The van der Waals surface area contributed by atoms with Gasteiger partial charge >= 0.3 is 0 Å². The molecule has 0 saturated heterocycles. The van der Waals surface area contributed by atoms with Crippen LogP contribution in [0.1, 0.15) is 0 Å². The maximum Gasteiger partial charge on any atom is 0.164 e. The second-order valence-corrected chi connectivity index (χ2v) is 15.9. The van der Waals surface area contributed by atoms with Crippen LogP contribution in [0.25, 0.3) is 117 Å². The van der Waals surface area contributed by atoms with Crippen LogP contribution in [-0.2, 0) is 0 Å². The van der Waals surface area contributed by atoms with E-state index in [0.29, 0.717) is 17.5 Å². The molecule has 0 aliphatic rings. The SMILES string of the molecule is c1ccc(-c2nc(-c3ccc(-n4c5ccccc5c5cc(-n6c7ccccc7c7ccccc76)ccc54)cc3)nc(-c3cccc(-n4c5ccccc5c5ccccc54)c3)n2)cc#1. The zero-order valence-corrected chi connectivity index (χ0v) is 33.8. The summed E-state index contributed by atoms with van der Waals surface area (Å²) in [6.07, 6.45) is 0. The third-order valence-electron chi connectivity index (χ3n) is 12.4. The van der Waals surface area contributed by atoms with E-state index in [2.05, 4.69) is 214 Å². The normalized spacial score (nSPS) is 11.7. The Labute approximate surface area is 362 Å². The molecule has 0 bridgehead atoms. The van der Waals surface area contributed by atoms with Crippen LogP contribution in [0.15, 0.2) is 206 Å². The molecule has 0 N–H and O–H groups in total. The Balaban J connectivity index is 0.926. The van der Waals surface area contributed by atoms with Crippen LogP contribution < -0.4 is 0 Å². The summed E-state index contributed by atoms with van der Waals surface area (Å²) in [6, 6.07) is 78.8. The summed E-state index contributed by atoms with van der Waals surface area (Å²) in [5.41, 5.74) is 12.8. The van der Waals surface area contributed by atoms with E-state index in [-0.39, 0.29) is 0 Å². The lowest BCUT2D eigenvalue weighted by molar-refractivity contribution is 1.07. The average Bonchev–Trinajstić information content (AvgIpc) is 4.00. The molecule has 0 radical (unpaired) electrons. The molecule has 13 aromatic rings. The topological polar surface area (TPSA) is 53.5 Å².